The molecular weight excluding hydrogens is 395 g/mol. The number of halogens is 3. The molecule has 0 fully saturated rings. The van der Waals surface area contributed by atoms with Gasteiger partial charge in [0.15, 0.2) is 0 Å². The molecule has 0 bridgehead atoms. The third kappa shape index (κ3) is 3.12. The van der Waals surface area contributed by atoms with Crippen molar-refractivity contribution >= 4 is 44.1 Å². The molecule has 2 rings (SSSR count). The summed E-state index contributed by atoms with van der Waals surface area (Å²) in [7, 11) is 0. The number of H-pyrrole nitrogens is 1. The number of rotatable bonds is 2. The molecule has 2 aromatic rings. The highest BCUT2D eigenvalue weighted by molar-refractivity contribution is 9.11. The third-order valence-electron chi connectivity index (χ3n) is 2.65. The summed E-state index contributed by atoms with van der Waals surface area (Å²) in [6, 6.07) is 4.47. The molecule has 0 unspecified atom stereocenters. The van der Waals surface area contributed by atoms with Crippen LogP contribution in [0.2, 0.25) is 0 Å². The summed E-state index contributed by atoms with van der Waals surface area (Å²) >= 11 is 12.1. The molecule has 0 amide bonds. The molecule has 6 heteroatoms. The molecule has 1 N–H and O–H groups in total. The summed E-state index contributed by atoms with van der Waals surface area (Å²) in [5.41, 5.74) is 1.60. The molecule has 0 aliphatic rings. The molecule has 1 heterocycles. The standard InChI is InChI=1S/C13H11Br2FN2S/c1-6(2)11-10(15)13(19)18-12(17-11)8-5-7(16)3-4-9(8)14/h3-6H,1-2H3,(H,17,18,19). The lowest BCUT2D eigenvalue weighted by molar-refractivity contribution is 0.628. The highest BCUT2D eigenvalue weighted by Gasteiger charge is 2.13. The van der Waals surface area contributed by atoms with E-state index in [1.54, 1.807) is 6.07 Å². The zero-order chi connectivity index (χ0) is 14.2. The number of aromatic amines is 1. The Balaban J connectivity index is 2.70. The van der Waals surface area contributed by atoms with Crippen molar-refractivity contribution in [1.82, 2.24) is 9.97 Å². The average molecular weight is 406 g/mol. The van der Waals surface area contributed by atoms with Crippen LogP contribution in [-0.4, -0.2) is 9.97 Å². The Kier molecular flexibility index (Phi) is 4.53. The first-order valence-electron chi connectivity index (χ1n) is 5.65. The van der Waals surface area contributed by atoms with Gasteiger partial charge >= 0.3 is 0 Å². The van der Waals surface area contributed by atoms with Crippen molar-refractivity contribution in [2.75, 3.05) is 0 Å². The van der Waals surface area contributed by atoms with E-state index in [0.29, 0.717) is 16.0 Å². The zero-order valence-electron chi connectivity index (χ0n) is 10.3. The second kappa shape index (κ2) is 5.81. The monoisotopic (exact) mass is 404 g/mol. The molecular formula is C13H11Br2FN2S. The van der Waals surface area contributed by atoms with E-state index in [2.05, 4.69) is 55.7 Å². The molecule has 0 radical (unpaired) electrons. The summed E-state index contributed by atoms with van der Waals surface area (Å²) in [5.74, 6) is 0.502. The van der Waals surface area contributed by atoms with Gasteiger partial charge < -0.3 is 4.98 Å². The summed E-state index contributed by atoms with van der Waals surface area (Å²) in [6.07, 6.45) is 0. The fourth-order valence-corrected chi connectivity index (χ4v) is 2.96. The largest absolute Gasteiger partial charge is 0.342 e. The van der Waals surface area contributed by atoms with Gasteiger partial charge in [-0.15, -0.1) is 0 Å². The van der Waals surface area contributed by atoms with Crippen LogP contribution in [0.5, 0.6) is 0 Å². The van der Waals surface area contributed by atoms with E-state index >= 15 is 0 Å². The van der Waals surface area contributed by atoms with E-state index in [4.69, 9.17) is 12.2 Å². The molecule has 2 nitrogen and oxygen atoms in total. The average Bonchev–Trinajstić information content (AvgIpc) is 2.35. The van der Waals surface area contributed by atoms with E-state index in [1.807, 2.05) is 0 Å². The number of hydrogen-bond donors (Lipinski definition) is 1. The van der Waals surface area contributed by atoms with Gasteiger partial charge in [0, 0.05) is 15.7 Å². The maximum atomic E-state index is 13.4. The SMILES string of the molecule is CC(C)c1[nH]c(-c2cc(F)ccc2Br)nc(=S)c1Br. The minimum Gasteiger partial charge on any atom is -0.342 e. The second-order valence-corrected chi connectivity index (χ2v) is 6.43. The smallest absolute Gasteiger partial charge is 0.144 e. The summed E-state index contributed by atoms with van der Waals surface area (Å²) in [4.78, 5) is 7.52. The lowest BCUT2D eigenvalue weighted by Crippen LogP contribution is -2.01. The molecule has 1 aromatic carbocycles. The predicted molar refractivity (Wildman–Crippen MR) is 84.3 cm³/mol. The lowest BCUT2D eigenvalue weighted by atomic mass is 10.1. The highest BCUT2D eigenvalue weighted by atomic mass is 79.9. The zero-order valence-corrected chi connectivity index (χ0v) is 14.3. The maximum absolute atomic E-state index is 13.4. The summed E-state index contributed by atoms with van der Waals surface area (Å²) in [6.45, 7) is 4.10. The normalized spacial score (nSPS) is 11.1. The topological polar surface area (TPSA) is 28.7 Å². The molecule has 0 saturated carbocycles. The van der Waals surface area contributed by atoms with Gasteiger partial charge in [-0.2, -0.15) is 0 Å². The number of hydrogen-bond acceptors (Lipinski definition) is 2. The van der Waals surface area contributed by atoms with E-state index < -0.39 is 0 Å². The van der Waals surface area contributed by atoms with Crippen LogP contribution >= 0.6 is 44.1 Å². The molecule has 0 spiro atoms. The molecule has 0 aliphatic carbocycles. The predicted octanol–water partition coefficient (Wildman–Crippen LogP) is 5.59. The Morgan fingerprint density at radius 2 is 2.00 bits per heavy atom. The van der Waals surface area contributed by atoms with Gasteiger partial charge in [0.05, 0.1) is 4.47 Å². The van der Waals surface area contributed by atoms with E-state index in [9.17, 15) is 4.39 Å². The fraction of sp³-hybridized carbons (Fsp3) is 0.231. The Morgan fingerprint density at radius 3 is 2.63 bits per heavy atom. The van der Waals surface area contributed by atoms with Crippen molar-refractivity contribution in [1.29, 1.82) is 0 Å². The molecule has 0 aliphatic heterocycles. The fourth-order valence-electron chi connectivity index (χ4n) is 1.68. The molecule has 1 aromatic heterocycles. The number of benzene rings is 1. The highest BCUT2D eigenvalue weighted by Crippen LogP contribution is 2.30. The first-order chi connectivity index (χ1) is 8.90. The summed E-state index contributed by atoms with van der Waals surface area (Å²) < 4.78 is 15.4. The van der Waals surface area contributed by atoms with Crippen LogP contribution in [0.1, 0.15) is 25.5 Å². The molecule has 0 atom stereocenters. The molecule has 19 heavy (non-hydrogen) atoms. The van der Waals surface area contributed by atoms with E-state index in [0.717, 1.165) is 14.6 Å². The van der Waals surface area contributed by atoms with Crippen LogP contribution < -0.4 is 0 Å². The van der Waals surface area contributed by atoms with Gasteiger partial charge in [-0.25, -0.2) is 9.37 Å². The number of nitrogens with one attached hydrogen (secondary N) is 1. The first kappa shape index (κ1) is 14.8. The Labute approximate surface area is 132 Å². The van der Waals surface area contributed by atoms with Gasteiger partial charge in [0.2, 0.25) is 0 Å². The maximum Gasteiger partial charge on any atom is 0.144 e. The van der Waals surface area contributed by atoms with Gasteiger partial charge in [0.1, 0.15) is 16.3 Å². The van der Waals surface area contributed by atoms with Crippen molar-refractivity contribution in [3.05, 3.63) is 43.3 Å². The van der Waals surface area contributed by atoms with Crippen molar-refractivity contribution in [3.8, 4) is 11.4 Å². The van der Waals surface area contributed by atoms with Crippen LogP contribution in [-0.2, 0) is 0 Å². The Morgan fingerprint density at radius 1 is 1.32 bits per heavy atom. The minimum absolute atomic E-state index is 0.255. The lowest BCUT2D eigenvalue weighted by Gasteiger charge is -2.12. The van der Waals surface area contributed by atoms with Crippen LogP contribution in [0.25, 0.3) is 11.4 Å². The molecule has 0 saturated heterocycles. The Bertz CT molecular complexity index is 683. The van der Waals surface area contributed by atoms with Gasteiger partial charge in [-0.1, -0.05) is 42.0 Å². The summed E-state index contributed by atoms with van der Waals surface area (Å²) in [5, 5.41) is 0. The van der Waals surface area contributed by atoms with Crippen LogP contribution in [0.15, 0.2) is 27.1 Å². The van der Waals surface area contributed by atoms with E-state index in [1.165, 1.54) is 12.1 Å². The number of nitrogens with zero attached hydrogens (tertiary/aromatic N) is 1. The van der Waals surface area contributed by atoms with Crippen LogP contribution in [0.3, 0.4) is 0 Å². The van der Waals surface area contributed by atoms with Gasteiger partial charge in [-0.3, -0.25) is 0 Å². The Hall–Kier alpha value is -0.590. The molecule has 100 valence electrons. The van der Waals surface area contributed by atoms with Crippen LogP contribution in [0, 0.1) is 10.5 Å². The first-order valence-corrected chi connectivity index (χ1v) is 7.64. The van der Waals surface area contributed by atoms with Crippen molar-refractivity contribution < 1.29 is 4.39 Å². The van der Waals surface area contributed by atoms with Crippen molar-refractivity contribution in [2.45, 2.75) is 19.8 Å². The number of aromatic nitrogens is 2. The van der Waals surface area contributed by atoms with Crippen molar-refractivity contribution in [3.63, 3.8) is 0 Å². The van der Waals surface area contributed by atoms with Gasteiger partial charge in [0.25, 0.3) is 0 Å². The van der Waals surface area contributed by atoms with Gasteiger partial charge in [-0.05, 0) is 40.0 Å². The van der Waals surface area contributed by atoms with Crippen LogP contribution in [0.4, 0.5) is 4.39 Å². The quantitative estimate of drug-likeness (QED) is 0.659. The second-order valence-electron chi connectivity index (χ2n) is 4.40. The van der Waals surface area contributed by atoms with E-state index in [-0.39, 0.29) is 11.7 Å². The minimum atomic E-state index is -0.312. The van der Waals surface area contributed by atoms with Crippen molar-refractivity contribution in [2.24, 2.45) is 0 Å². The third-order valence-corrected chi connectivity index (χ3v) is 4.70.